The van der Waals surface area contributed by atoms with Gasteiger partial charge in [0, 0.05) is 32.7 Å². The average Bonchev–Trinajstić information content (AvgIpc) is 3.59. The Balaban J connectivity index is 1.62. The summed E-state index contributed by atoms with van der Waals surface area (Å²) in [7, 11) is 0. The predicted molar refractivity (Wildman–Crippen MR) is 186 cm³/mol. The highest BCUT2D eigenvalue weighted by atomic mass is 19.4. The second-order valence-electron chi connectivity index (χ2n) is 12.1. The van der Waals surface area contributed by atoms with Crippen molar-refractivity contribution < 1.29 is 13.2 Å². The van der Waals surface area contributed by atoms with Crippen LogP contribution < -0.4 is 0 Å². The molecule has 0 aliphatic rings. The van der Waals surface area contributed by atoms with E-state index in [0.29, 0.717) is 22.5 Å². The quantitative estimate of drug-likeness (QED) is 0.179. The van der Waals surface area contributed by atoms with Gasteiger partial charge in [-0.25, -0.2) is 4.85 Å². The molecule has 8 rings (SSSR count). The highest BCUT2D eigenvalue weighted by molar-refractivity contribution is 6.12. The van der Waals surface area contributed by atoms with Gasteiger partial charge in [-0.1, -0.05) is 59.7 Å². The Morgan fingerprint density at radius 2 is 1.12 bits per heavy atom. The largest absolute Gasteiger partial charge is 0.415 e. The summed E-state index contributed by atoms with van der Waals surface area (Å²) in [4.78, 5) is 3.45. The minimum absolute atomic E-state index is 0.128. The molecule has 2 heterocycles. The Kier molecular flexibility index (Phi) is 6.44. The van der Waals surface area contributed by atoms with Crippen LogP contribution in [0.3, 0.4) is 0 Å². The van der Waals surface area contributed by atoms with Gasteiger partial charge in [0.1, 0.15) is 0 Å². The van der Waals surface area contributed by atoms with E-state index < -0.39 is 11.7 Å². The Morgan fingerprint density at radius 3 is 1.60 bits per heavy atom. The molecule has 0 saturated carbocycles. The summed E-state index contributed by atoms with van der Waals surface area (Å²) >= 11 is 0. The SMILES string of the molecule is [C-]#[N+]c1cc(-c2c(-n3c4ccccc4c4cc(C)ccc43)cc(C#N)cc2-n2c3ccccc3c3cc(C)ccc32)cc(C(F)(F)F)c1. The molecule has 48 heavy (non-hydrogen) atoms. The molecular formula is C41H25F3N4. The second-order valence-corrected chi connectivity index (χ2v) is 12.1. The van der Waals surface area contributed by atoms with Crippen LogP contribution in [0.15, 0.2) is 115 Å². The van der Waals surface area contributed by atoms with E-state index in [1.54, 1.807) is 12.1 Å². The lowest BCUT2D eigenvalue weighted by Gasteiger charge is -2.22. The second kappa shape index (κ2) is 10.6. The van der Waals surface area contributed by atoms with Crippen LogP contribution in [0.4, 0.5) is 18.9 Å². The van der Waals surface area contributed by atoms with Crippen LogP contribution in [-0.2, 0) is 6.18 Å². The molecule has 6 aromatic carbocycles. The van der Waals surface area contributed by atoms with Crippen molar-refractivity contribution >= 4 is 49.3 Å². The van der Waals surface area contributed by atoms with Crippen molar-refractivity contribution in [2.75, 3.05) is 0 Å². The Morgan fingerprint density at radius 1 is 0.625 bits per heavy atom. The van der Waals surface area contributed by atoms with Crippen molar-refractivity contribution in [3.05, 3.63) is 149 Å². The summed E-state index contributed by atoms with van der Waals surface area (Å²) in [6.45, 7) is 11.8. The van der Waals surface area contributed by atoms with Crippen molar-refractivity contribution in [2.24, 2.45) is 0 Å². The molecule has 0 unspecified atom stereocenters. The molecule has 0 bridgehead atoms. The van der Waals surface area contributed by atoms with Crippen LogP contribution in [0.25, 0.3) is 71.0 Å². The highest BCUT2D eigenvalue weighted by Gasteiger charge is 2.32. The van der Waals surface area contributed by atoms with Crippen LogP contribution in [0.2, 0.25) is 0 Å². The van der Waals surface area contributed by atoms with E-state index in [-0.39, 0.29) is 11.3 Å². The van der Waals surface area contributed by atoms with E-state index in [0.717, 1.165) is 66.9 Å². The fraction of sp³-hybridized carbons (Fsp3) is 0.0732. The Labute approximate surface area is 273 Å². The summed E-state index contributed by atoms with van der Waals surface area (Å²) in [5, 5.41) is 14.4. The van der Waals surface area contributed by atoms with Crippen molar-refractivity contribution in [3.8, 4) is 28.6 Å². The topological polar surface area (TPSA) is 38.0 Å². The third-order valence-corrected chi connectivity index (χ3v) is 9.03. The fourth-order valence-corrected chi connectivity index (χ4v) is 7.00. The lowest BCUT2D eigenvalue weighted by atomic mass is 9.96. The number of fused-ring (bicyclic) bond motifs is 6. The fourth-order valence-electron chi connectivity index (χ4n) is 7.00. The summed E-state index contributed by atoms with van der Waals surface area (Å²) in [5.74, 6) is 0. The standard InChI is InChI=1S/C41H25F3N4/c1-24-12-14-36-32(16-24)30-8-4-6-10-34(30)47(36)38-18-26(23-45)19-39(40(38)27-20-28(41(42,43)44)22-29(21-27)46-3)48-35-11-7-5-9-31(35)33-17-25(2)13-15-37(33)48/h4-22H,1-2H3. The van der Waals surface area contributed by atoms with Gasteiger partial charge in [0.2, 0.25) is 0 Å². The smallest absolute Gasteiger partial charge is 0.308 e. The molecular weight excluding hydrogens is 605 g/mol. The van der Waals surface area contributed by atoms with Gasteiger partial charge in [0.15, 0.2) is 5.69 Å². The van der Waals surface area contributed by atoms with Crippen molar-refractivity contribution in [1.29, 1.82) is 5.26 Å². The van der Waals surface area contributed by atoms with Crippen molar-refractivity contribution in [1.82, 2.24) is 9.13 Å². The van der Waals surface area contributed by atoms with Crippen LogP contribution in [0.5, 0.6) is 0 Å². The zero-order valence-electron chi connectivity index (χ0n) is 25.9. The molecule has 0 N–H and O–H groups in total. The van der Waals surface area contributed by atoms with E-state index in [1.807, 2.05) is 95.8 Å². The maximum absolute atomic E-state index is 14.4. The number of nitrogens with zero attached hydrogens (tertiary/aromatic N) is 4. The molecule has 0 saturated heterocycles. The average molecular weight is 631 g/mol. The first-order valence-corrected chi connectivity index (χ1v) is 15.3. The van der Waals surface area contributed by atoms with Crippen molar-refractivity contribution in [2.45, 2.75) is 20.0 Å². The summed E-state index contributed by atoms with van der Waals surface area (Å²) in [5.41, 5.74) is 6.58. The number of aromatic nitrogens is 2. The van der Waals surface area contributed by atoms with E-state index in [9.17, 15) is 18.4 Å². The first-order chi connectivity index (χ1) is 23.2. The molecule has 0 aliphatic heterocycles. The number of rotatable bonds is 3. The predicted octanol–water partition coefficient (Wildman–Crippen LogP) is 11.6. The Hall–Kier alpha value is -6.31. The van der Waals surface area contributed by atoms with Gasteiger partial charge in [-0.2, -0.15) is 18.4 Å². The van der Waals surface area contributed by atoms with Gasteiger partial charge in [-0.15, -0.1) is 0 Å². The van der Waals surface area contributed by atoms with Gasteiger partial charge in [-0.3, -0.25) is 0 Å². The third-order valence-electron chi connectivity index (χ3n) is 9.03. The summed E-state index contributed by atoms with van der Waals surface area (Å²) < 4.78 is 47.3. The number of nitriles is 1. The number of benzene rings is 6. The molecule has 0 radical (unpaired) electrons. The molecule has 0 spiro atoms. The number of para-hydroxylation sites is 2. The van der Waals surface area contributed by atoms with E-state index >= 15 is 0 Å². The van der Waals surface area contributed by atoms with Gasteiger partial charge >= 0.3 is 6.18 Å². The molecule has 7 heteroatoms. The van der Waals surface area contributed by atoms with Crippen LogP contribution in [0.1, 0.15) is 22.3 Å². The van der Waals surface area contributed by atoms with E-state index in [2.05, 4.69) is 23.0 Å². The normalized spacial score (nSPS) is 11.8. The number of aryl methyl sites for hydroxylation is 2. The molecule has 0 atom stereocenters. The minimum atomic E-state index is -4.68. The molecule has 8 aromatic rings. The molecule has 0 fully saturated rings. The Bertz CT molecular complexity index is 2570. The lowest BCUT2D eigenvalue weighted by Crippen LogP contribution is -2.07. The zero-order valence-corrected chi connectivity index (χ0v) is 25.9. The van der Waals surface area contributed by atoms with Gasteiger partial charge < -0.3 is 9.13 Å². The maximum atomic E-state index is 14.4. The first kappa shape index (κ1) is 29.1. The van der Waals surface area contributed by atoms with Crippen LogP contribution in [0, 0.1) is 31.8 Å². The number of hydrogen-bond acceptors (Lipinski definition) is 1. The van der Waals surface area contributed by atoms with Gasteiger partial charge in [0.25, 0.3) is 0 Å². The maximum Gasteiger partial charge on any atom is 0.415 e. The first-order valence-electron chi connectivity index (χ1n) is 15.3. The number of halogens is 3. The summed E-state index contributed by atoms with van der Waals surface area (Å²) in [6.07, 6.45) is -4.68. The molecule has 2 aromatic heterocycles. The molecule has 0 amide bonds. The van der Waals surface area contributed by atoms with Crippen LogP contribution in [-0.4, -0.2) is 9.13 Å². The van der Waals surface area contributed by atoms with E-state index in [4.69, 9.17) is 6.57 Å². The summed E-state index contributed by atoms with van der Waals surface area (Å²) in [6, 6.07) is 37.3. The van der Waals surface area contributed by atoms with Gasteiger partial charge in [0.05, 0.1) is 51.6 Å². The lowest BCUT2D eigenvalue weighted by molar-refractivity contribution is -0.137. The minimum Gasteiger partial charge on any atom is -0.308 e. The zero-order chi connectivity index (χ0) is 33.3. The van der Waals surface area contributed by atoms with E-state index in [1.165, 1.54) is 6.07 Å². The molecule has 0 aliphatic carbocycles. The third kappa shape index (κ3) is 4.44. The monoisotopic (exact) mass is 630 g/mol. The number of hydrogen-bond donors (Lipinski definition) is 0. The molecule has 4 nitrogen and oxygen atoms in total. The highest BCUT2D eigenvalue weighted by Crippen LogP contribution is 2.45. The number of alkyl halides is 3. The van der Waals surface area contributed by atoms with Crippen molar-refractivity contribution in [3.63, 3.8) is 0 Å². The van der Waals surface area contributed by atoms with Gasteiger partial charge in [-0.05, 0) is 86.1 Å². The van der Waals surface area contributed by atoms with Crippen LogP contribution >= 0.6 is 0 Å². The molecule has 230 valence electrons.